The van der Waals surface area contributed by atoms with E-state index in [1.807, 2.05) is 0 Å². The third kappa shape index (κ3) is 21.3. The Morgan fingerprint density at radius 1 is 0.741 bits per heavy atom. The van der Waals surface area contributed by atoms with E-state index in [1.54, 1.807) is 28.1 Å². The van der Waals surface area contributed by atoms with E-state index in [4.69, 9.17) is 0 Å². The van der Waals surface area contributed by atoms with E-state index in [2.05, 4.69) is 24.2 Å². The lowest BCUT2D eigenvalue weighted by molar-refractivity contribution is -0.154. The highest BCUT2D eigenvalue weighted by Crippen LogP contribution is 1.94. The Bertz CT molecular complexity index is 513. The van der Waals surface area contributed by atoms with Gasteiger partial charge in [0.15, 0.2) is 5.71 Å². The van der Waals surface area contributed by atoms with E-state index in [9.17, 15) is 24.0 Å². The van der Waals surface area contributed by atoms with Crippen molar-refractivity contribution in [3.63, 3.8) is 0 Å². The van der Waals surface area contributed by atoms with Gasteiger partial charge in [-0.3, -0.25) is 14.4 Å². The molecule has 0 aromatic carbocycles. The van der Waals surface area contributed by atoms with Gasteiger partial charge in [0.05, 0.1) is 26.1 Å². The molecule has 0 fully saturated rings. The molecule has 0 atom stereocenters. The summed E-state index contributed by atoms with van der Waals surface area (Å²) in [5.74, 6) is -2.81. The predicted molar refractivity (Wildman–Crippen MR) is 96.2 cm³/mol. The second-order valence-electron chi connectivity index (χ2n) is 4.75. The first kappa shape index (κ1) is 29.2. The summed E-state index contributed by atoms with van der Waals surface area (Å²) in [6, 6.07) is 0. The average Bonchev–Trinajstić information content (AvgIpc) is 2.55. The minimum atomic E-state index is -0.928. The fourth-order valence-electron chi connectivity index (χ4n) is 1.21. The van der Waals surface area contributed by atoms with Crippen molar-refractivity contribution >= 4 is 35.0 Å². The largest absolute Gasteiger partial charge is 0.461 e. The third-order valence-electron chi connectivity index (χ3n) is 2.04. The molecule has 0 unspecified atom stereocenters. The van der Waals surface area contributed by atoms with Gasteiger partial charge in [0, 0.05) is 14.2 Å². The molecule has 0 aromatic rings. The Balaban J connectivity index is -0.000000376. The Kier molecular flexibility index (Phi) is 21.3. The number of rotatable bonds is 9. The van der Waals surface area contributed by atoms with Crippen LogP contribution in [0.5, 0.6) is 0 Å². The van der Waals surface area contributed by atoms with E-state index >= 15 is 0 Å². The molecule has 0 bridgehead atoms. The van der Waals surface area contributed by atoms with Gasteiger partial charge < -0.3 is 19.0 Å². The van der Waals surface area contributed by atoms with Gasteiger partial charge in [0.2, 0.25) is 5.78 Å². The molecule has 0 heterocycles. The zero-order chi connectivity index (χ0) is 21.8. The zero-order valence-corrected chi connectivity index (χ0v) is 16.9. The molecule has 0 N–H and O–H groups in total. The van der Waals surface area contributed by atoms with Crippen LogP contribution in [-0.4, -0.2) is 69.5 Å². The number of Topliss-reactive ketones (excluding diaryl/α,β-unsaturated/α-hetero) is 3. The summed E-state index contributed by atoms with van der Waals surface area (Å²) in [6.45, 7) is 6.29. The van der Waals surface area contributed by atoms with Gasteiger partial charge in [-0.25, -0.2) is 9.59 Å². The number of oxime groups is 1. The minimum Gasteiger partial charge on any atom is -0.461 e. The van der Waals surface area contributed by atoms with Gasteiger partial charge in [-0.2, -0.15) is 0 Å². The second-order valence-corrected chi connectivity index (χ2v) is 4.75. The molecular formula is C17H29NO9. The van der Waals surface area contributed by atoms with E-state index < -0.39 is 17.7 Å². The first-order valence-electron chi connectivity index (χ1n) is 7.97. The fourth-order valence-corrected chi connectivity index (χ4v) is 1.21. The Labute approximate surface area is 159 Å². The lowest BCUT2D eigenvalue weighted by atomic mass is 10.2. The molecular weight excluding hydrogens is 362 g/mol. The standard InChI is InChI=1S/C8H13NO4.C7H10O4.C2H6O/c1-4-13-8(11)7(9-12-3)5-6(2)10;1-3-11-7(10)6(9)4-5(2)8;1-3-2/h4-5H2,1-3H3;3-4H2,1-2H3;1-2H3/b9-7+;;. The van der Waals surface area contributed by atoms with Crippen molar-refractivity contribution < 1.29 is 43.0 Å². The number of carbonyl (C=O) groups excluding carboxylic acids is 5. The summed E-state index contributed by atoms with van der Waals surface area (Å²) in [5.41, 5.74) is -0.00292. The van der Waals surface area contributed by atoms with Crippen LogP contribution in [-0.2, 0) is 43.0 Å². The highest BCUT2D eigenvalue weighted by Gasteiger charge is 2.16. The van der Waals surface area contributed by atoms with E-state index in [0.29, 0.717) is 0 Å². The number of nitrogens with zero attached hydrogens (tertiary/aromatic N) is 1. The maximum Gasteiger partial charge on any atom is 0.375 e. The van der Waals surface area contributed by atoms with Crippen LogP contribution in [0.3, 0.4) is 0 Å². The summed E-state index contributed by atoms with van der Waals surface area (Å²) < 4.78 is 13.3. The number of esters is 2. The predicted octanol–water partition coefficient (Wildman–Crippen LogP) is 0.891. The Morgan fingerprint density at radius 2 is 1.15 bits per heavy atom. The van der Waals surface area contributed by atoms with E-state index in [0.717, 1.165) is 0 Å². The number of carbonyl (C=O) groups is 5. The maximum atomic E-state index is 11.1. The van der Waals surface area contributed by atoms with Crippen molar-refractivity contribution in [1.82, 2.24) is 0 Å². The lowest BCUT2D eigenvalue weighted by Crippen LogP contribution is -2.20. The molecule has 0 aliphatic heterocycles. The van der Waals surface area contributed by atoms with Crippen molar-refractivity contribution in [3.05, 3.63) is 0 Å². The summed E-state index contributed by atoms with van der Waals surface area (Å²) in [6.07, 6.45) is -0.425. The molecule has 27 heavy (non-hydrogen) atoms. The van der Waals surface area contributed by atoms with Crippen LogP contribution in [0.2, 0.25) is 0 Å². The van der Waals surface area contributed by atoms with E-state index in [-0.39, 0.29) is 43.3 Å². The van der Waals surface area contributed by atoms with Crippen LogP contribution in [0.25, 0.3) is 0 Å². The van der Waals surface area contributed by atoms with Crippen LogP contribution in [0.1, 0.15) is 40.5 Å². The van der Waals surface area contributed by atoms with Crippen molar-refractivity contribution in [2.45, 2.75) is 40.5 Å². The molecule has 0 radical (unpaired) electrons. The number of hydrogen-bond acceptors (Lipinski definition) is 10. The molecule has 0 aromatic heterocycles. The zero-order valence-electron chi connectivity index (χ0n) is 16.9. The first-order chi connectivity index (χ1) is 12.6. The van der Waals surface area contributed by atoms with Gasteiger partial charge in [0.1, 0.15) is 18.7 Å². The smallest absolute Gasteiger partial charge is 0.375 e. The average molecular weight is 391 g/mol. The molecule has 156 valence electrons. The van der Waals surface area contributed by atoms with Crippen LogP contribution in [0, 0.1) is 0 Å². The second kappa shape index (κ2) is 19.7. The normalized spacial score (nSPS) is 9.52. The maximum absolute atomic E-state index is 11.1. The number of ether oxygens (including phenoxy) is 3. The Hall–Kier alpha value is -2.62. The van der Waals surface area contributed by atoms with Gasteiger partial charge in [-0.1, -0.05) is 5.16 Å². The van der Waals surface area contributed by atoms with Gasteiger partial charge in [-0.05, 0) is 27.7 Å². The molecule has 0 aliphatic carbocycles. The molecule has 0 aliphatic rings. The molecule has 0 saturated carbocycles. The van der Waals surface area contributed by atoms with Crippen molar-refractivity contribution in [2.24, 2.45) is 5.16 Å². The van der Waals surface area contributed by atoms with Crippen molar-refractivity contribution in [3.8, 4) is 0 Å². The molecule has 10 nitrogen and oxygen atoms in total. The van der Waals surface area contributed by atoms with Crippen molar-refractivity contribution in [2.75, 3.05) is 34.5 Å². The van der Waals surface area contributed by atoms with Crippen molar-refractivity contribution in [1.29, 1.82) is 0 Å². The summed E-state index contributed by atoms with van der Waals surface area (Å²) in [7, 11) is 4.55. The Morgan fingerprint density at radius 3 is 1.48 bits per heavy atom. The number of hydrogen-bond donors (Lipinski definition) is 0. The van der Waals surface area contributed by atoms with Gasteiger partial charge in [0.25, 0.3) is 0 Å². The molecule has 0 amide bonds. The fraction of sp³-hybridized carbons (Fsp3) is 0.647. The molecule has 0 saturated heterocycles. The first-order valence-corrected chi connectivity index (χ1v) is 7.97. The molecule has 0 rings (SSSR count). The van der Waals surface area contributed by atoms with Crippen LogP contribution in [0.15, 0.2) is 5.16 Å². The summed E-state index contributed by atoms with van der Waals surface area (Å²) in [4.78, 5) is 57.7. The number of methoxy groups -OCH3 is 1. The monoisotopic (exact) mass is 391 g/mol. The third-order valence-corrected chi connectivity index (χ3v) is 2.04. The SMILES string of the molecule is CCOC(=O)/C(CC(C)=O)=N/OC.CCOC(=O)C(=O)CC(C)=O.COC. The lowest BCUT2D eigenvalue weighted by Gasteiger charge is -2.02. The molecule has 10 heteroatoms. The quantitative estimate of drug-likeness (QED) is 0.184. The summed E-state index contributed by atoms with van der Waals surface area (Å²) in [5, 5.41) is 3.40. The van der Waals surface area contributed by atoms with Gasteiger partial charge >= 0.3 is 11.9 Å². The number of ketones is 3. The highest BCUT2D eigenvalue weighted by atomic mass is 16.6. The highest BCUT2D eigenvalue weighted by molar-refractivity contribution is 6.39. The van der Waals surface area contributed by atoms with Crippen LogP contribution >= 0.6 is 0 Å². The minimum absolute atomic E-state index is 0.00292. The van der Waals surface area contributed by atoms with E-state index in [1.165, 1.54) is 21.0 Å². The van der Waals surface area contributed by atoms with Gasteiger partial charge in [-0.15, -0.1) is 0 Å². The topological polar surface area (TPSA) is 135 Å². The summed E-state index contributed by atoms with van der Waals surface area (Å²) >= 11 is 0. The molecule has 0 spiro atoms. The van der Waals surface area contributed by atoms with Crippen LogP contribution in [0.4, 0.5) is 0 Å². The van der Waals surface area contributed by atoms with Crippen LogP contribution < -0.4 is 0 Å².